The summed E-state index contributed by atoms with van der Waals surface area (Å²) in [6.07, 6.45) is 6.68. The molecule has 3 fully saturated rings. The van der Waals surface area contributed by atoms with Crippen molar-refractivity contribution >= 4 is 11.8 Å². The summed E-state index contributed by atoms with van der Waals surface area (Å²) < 4.78 is 4.98. The maximum absolute atomic E-state index is 11.9. The molecule has 0 saturated heterocycles. The number of ether oxygens (including phenoxy) is 1. The predicted octanol–water partition coefficient (Wildman–Crippen LogP) is 1.92. The van der Waals surface area contributed by atoms with Gasteiger partial charge in [0.1, 0.15) is 12.7 Å². The van der Waals surface area contributed by atoms with Gasteiger partial charge in [-0.15, -0.1) is 0 Å². The number of rotatable bonds is 3. The van der Waals surface area contributed by atoms with Crippen molar-refractivity contribution in [3.63, 3.8) is 0 Å². The van der Waals surface area contributed by atoms with Gasteiger partial charge in [-0.3, -0.25) is 9.59 Å². The maximum Gasteiger partial charge on any atom is 0.302 e. The molecule has 0 aromatic heterocycles. The lowest BCUT2D eigenvalue weighted by molar-refractivity contribution is -0.207. The summed E-state index contributed by atoms with van der Waals surface area (Å²) in [6.45, 7) is 5.12. The van der Waals surface area contributed by atoms with Gasteiger partial charge in [0.05, 0.1) is 11.7 Å². The number of carbonyl (C=O) groups is 2. The van der Waals surface area contributed by atoms with E-state index in [-0.39, 0.29) is 35.6 Å². The van der Waals surface area contributed by atoms with Crippen LogP contribution in [0.3, 0.4) is 0 Å². The molecule has 4 rings (SSSR count). The highest BCUT2D eigenvalue weighted by Gasteiger charge is 2.67. The molecule has 0 bridgehead atoms. The number of allylic oxidation sites excluding steroid dienone is 4. The molecule has 0 amide bonds. The lowest BCUT2D eigenvalue weighted by Gasteiger charge is -2.60. The monoisotopic (exact) mass is 404 g/mol. The zero-order valence-corrected chi connectivity index (χ0v) is 17.4. The van der Waals surface area contributed by atoms with Crippen LogP contribution in [0.2, 0.25) is 0 Å². The van der Waals surface area contributed by atoms with E-state index in [1.165, 1.54) is 6.92 Å². The number of aliphatic hydroxyl groups is 3. The molecule has 0 spiro atoms. The highest BCUT2D eigenvalue weighted by Crippen LogP contribution is 2.67. The molecule has 6 nitrogen and oxygen atoms in total. The van der Waals surface area contributed by atoms with Crippen molar-refractivity contribution in [2.45, 2.75) is 70.7 Å². The van der Waals surface area contributed by atoms with E-state index in [9.17, 15) is 24.9 Å². The number of aliphatic hydroxyl groups excluding tert-OH is 2. The van der Waals surface area contributed by atoms with Crippen molar-refractivity contribution < 1.29 is 29.6 Å². The molecule has 0 radical (unpaired) electrons. The second-order valence-corrected chi connectivity index (χ2v) is 9.99. The van der Waals surface area contributed by atoms with Crippen LogP contribution in [0.4, 0.5) is 0 Å². The molecule has 6 heteroatoms. The van der Waals surface area contributed by atoms with Gasteiger partial charge in [0, 0.05) is 23.7 Å². The van der Waals surface area contributed by atoms with E-state index in [0.717, 1.165) is 24.8 Å². The van der Waals surface area contributed by atoms with Crippen LogP contribution in [0.5, 0.6) is 0 Å². The molecule has 160 valence electrons. The van der Waals surface area contributed by atoms with Crippen molar-refractivity contribution in [2.24, 2.45) is 28.6 Å². The van der Waals surface area contributed by atoms with E-state index in [2.05, 4.69) is 6.92 Å². The first-order valence-electron chi connectivity index (χ1n) is 10.7. The minimum atomic E-state index is -1.41. The normalized spacial score (nSPS) is 47.0. The molecule has 0 aromatic rings. The third kappa shape index (κ3) is 2.87. The fourth-order valence-corrected chi connectivity index (χ4v) is 7.25. The highest BCUT2D eigenvalue weighted by atomic mass is 16.5. The van der Waals surface area contributed by atoms with Crippen molar-refractivity contribution in [1.82, 2.24) is 0 Å². The number of fused-ring (bicyclic) bond motifs is 5. The summed E-state index contributed by atoms with van der Waals surface area (Å²) in [5.74, 6) is -0.155. The number of carbonyl (C=O) groups excluding carboxylic acids is 2. The van der Waals surface area contributed by atoms with Gasteiger partial charge < -0.3 is 20.1 Å². The second-order valence-electron chi connectivity index (χ2n) is 9.99. The van der Waals surface area contributed by atoms with Gasteiger partial charge in [0.25, 0.3) is 0 Å². The minimum absolute atomic E-state index is 0.00916. The van der Waals surface area contributed by atoms with E-state index in [4.69, 9.17) is 4.74 Å². The third-order valence-electron chi connectivity index (χ3n) is 8.71. The molecule has 2 unspecified atom stereocenters. The van der Waals surface area contributed by atoms with Crippen LogP contribution >= 0.6 is 0 Å². The Morgan fingerprint density at radius 1 is 1.34 bits per heavy atom. The predicted molar refractivity (Wildman–Crippen MR) is 106 cm³/mol. The zero-order chi connectivity index (χ0) is 21.2. The maximum atomic E-state index is 11.9. The average molecular weight is 405 g/mol. The smallest absolute Gasteiger partial charge is 0.302 e. The van der Waals surface area contributed by atoms with E-state index in [1.807, 2.05) is 13.0 Å². The SMILES string of the molecule is CC(=O)OCC(O)[C@@]1(O)CC[C@H]2[C@@H]3CCC4=CC(=O)C=C[C@]4(C)[C@H]3C(O)C[C@@]21C. The summed E-state index contributed by atoms with van der Waals surface area (Å²) in [4.78, 5) is 23.1. The molecule has 3 N–H and O–H groups in total. The highest BCUT2D eigenvalue weighted by molar-refractivity contribution is 6.01. The molecular formula is C23H32O6. The van der Waals surface area contributed by atoms with Gasteiger partial charge in [0.2, 0.25) is 0 Å². The lowest BCUT2D eigenvalue weighted by atomic mass is 9.46. The number of hydrogen-bond donors (Lipinski definition) is 3. The van der Waals surface area contributed by atoms with Gasteiger partial charge in [-0.2, -0.15) is 0 Å². The first-order chi connectivity index (χ1) is 13.5. The van der Waals surface area contributed by atoms with Crippen molar-refractivity contribution in [3.8, 4) is 0 Å². The summed E-state index contributed by atoms with van der Waals surface area (Å²) in [5.41, 5.74) is -1.33. The van der Waals surface area contributed by atoms with Crippen LogP contribution in [0, 0.1) is 28.6 Å². The lowest BCUT2D eigenvalue weighted by Crippen LogP contribution is -2.62. The standard InChI is InChI=1S/C23H32O6/c1-13(24)29-12-19(27)23(28)9-7-17-16-5-4-14-10-15(25)6-8-21(14,2)20(16)18(26)11-22(17,23)3/h6,8,10,16-20,26-28H,4-5,7,9,11-12H2,1-3H3/t16-,17-,18?,19?,20+,21-,22-,23-/m0/s1. The zero-order valence-electron chi connectivity index (χ0n) is 17.4. The van der Waals surface area contributed by atoms with Gasteiger partial charge >= 0.3 is 5.97 Å². The Morgan fingerprint density at radius 3 is 2.76 bits per heavy atom. The summed E-state index contributed by atoms with van der Waals surface area (Å²) >= 11 is 0. The molecule has 29 heavy (non-hydrogen) atoms. The molecule has 8 atom stereocenters. The molecule has 4 aliphatic carbocycles. The van der Waals surface area contributed by atoms with Crippen LogP contribution in [-0.2, 0) is 14.3 Å². The number of hydrogen-bond acceptors (Lipinski definition) is 6. The average Bonchev–Trinajstić information content (AvgIpc) is 2.91. The first kappa shape index (κ1) is 20.8. The fourth-order valence-electron chi connectivity index (χ4n) is 7.25. The van der Waals surface area contributed by atoms with Crippen molar-refractivity contribution in [3.05, 3.63) is 23.8 Å². The Labute approximate surface area is 171 Å². The van der Waals surface area contributed by atoms with E-state index < -0.39 is 29.2 Å². The topological polar surface area (TPSA) is 104 Å². The molecule has 0 aliphatic heterocycles. The molecular weight excluding hydrogens is 372 g/mol. The Balaban J connectivity index is 1.65. The Hall–Kier alpha value is -1.50. The summed E-state index contributed by atoms with van der Waals surface area (Å²) in [5, 5.41) is 33.6. The molecule has 4 aliphatic rings. The van der Waals surface area contributed by atoms with Gasteiger partial charge in [-0.25, -0.2) is 0 Å². The van der Waals surface area contributed by atoms with Crippen LogP contribution in [0.1, 0.15) is 52.9 Å². The Bertz CT molecular complexity index is 786. The minimum Gasteiger partial charge on any atom is -0.463 e. The third-order valence-corrected chi connectivity index (χ3v) is 8.71. The fraction of sp³-hybridized carbons (Fsp3) is 0.739. The van der Waals surface area contributed by atoms with Crippen LogP contribution in [-0.4, -0.2) is 51.5 Å². The van der Waals surface area contributed by atoms with Crippen LogP contribution in [0.15, 0.2) is 23.8 Å². The van der Waals surface area contributed by atoms with E-state index in [0.29, 0.717) is 12.8 Å². The largest absolute Gasteiger partial charge is 0.463 e. The molecule has 0 heterocycles. The number of ketones is 1. The second kappa shape index (κ2) is 6.76. The van der Waals surface area contributed by atoms with Crippen LogP contribution in [0.25, 0.3) is 0 Å². The van der Waals surface area contributed by atoms with Crippen molar-refractivity contribution in [1.29, 1.82) is 0 Å². The summed E-state index contributed by atoms with van der Waals surface area (Å²) in [6, 6.07) is 0. The quantitative estimate of drug-likeness (QED) is 0.621. The summed E-state index contributed by atoms with van der Waals surface area (Å²) in [7, 11) is 0. The van der Waals surface area contributed by atoms with Crippen molar-refractivity contribution in [2.75, 3.05) is 6.61 Å². The molecule has 3 saturated carbocycles. The Kier molecular flexibility index (Phi) is 4.84. The van der Waals surface area contributed by atoms with E-state index >= 15 is 0 Å². The van der Waals surface area contributed by atoms with E-state index in [1.54, 1.807) is 12.2 Å². The van der Waals surface area contributed by atoms with Crippen LogP contribution < -0.4 is 0 Å². The Morgan fingerprint density at radius 2 is 2.07 bits per heavy atom. The number of esters is 1. The van der Waals surface area contributed by atoms with Gasteiger partial charge in [-0.05, 0) is 56.1 Å². The van der Waals surface area contributed by atoms with Gasteiger partial charge in [0.15, 0.2) is 5.78 Å². The molecule has 0 aromatic carbocycles. The first-order valence-corrected chi connectivity index (χ1v) is 10.7. The van der Waals surface area contributed by atoms with Gasteiger partial charge in [-0.1, -0.05) is 25.5 Å².